The topological polar surface area (TPSA) is 104 Å². The Kier molecular flexibility index (Phi) is 3.33. The van der Waals surface area contributed by atoms with Crippen LogP contribution in [-0.4, -0.2) is 40.0 Å². The highest BCUT2D eigenvalue weighted by Gasteiger charge is 2.20. The average molecular weight is 135 g/mol. The van der Waals surface area contributed by atoms with Crippen molar-refractivity contribution in [3.8, 4) is 0 Å². The van der Waals surface area contributed by atoms with Crippen LogP contribution in [0.15, 0.2) is 0 Å². The summed E-state index contributed by atoms with van der Waals surface area (Å²) in [7, 11) is 0. The largest absolute Gasteiger partial charge is 0.386 e. The van der Waals surface area contributed by atoms with E-state index >= 15 is 0 Å². The first kappa shape index (κ1) is 8.51. The maximum Gasteiger partial charge on any atom is 0.151 e. The van der Waals surface area contributed by atoms with Crippen molar-refractivity contribution in [3.05, 3.63) is 0 Å². The summed E-state index contributed by atoms with van der Waals surface area (Å²) >= 11 is 0. The van der Waals surface area contributed by atoms with E-state index in [4.69, 9.17) is 21.1 Å². The molecule has 0 amide bonds. The van der Waals surface area contributed by atoms with Crippen molar-refractivity contribution in [1.29, 1.82) is 0 Å². The third kappa shape index (κ3) is 2.52. The molecule has 0 bridgehead atoms. The number of hydrogen-bond acceptors (Lipinski definition) is 5. The van der Waals surface area contributed by atoms with Crippen LogP contribution in [0.3, 0.4) is 0 Å². The van der Waals surface area contributed by atoms with Crippen LogP contribution < -0.4 is 5.73 Å². The van der Waals surface area contributed by atoms with Crippen LogP contribution in [0.4, 0.5) is 0 Å². The van der Waals surface area contributed by atoms with E-state index < -0.39 is 18.4 Å². The molecule has 0 aliphatic heterocycles. The fourth-order valence-electron chi connectivity index (χ4n) is 0.283. The Hall–Kier alpha value is -0.490. The molecule has 0 aromatic carbocycles. The molecule has 0 aromatic rings. The SMILES string of the molecule is NC(O)[C@@H](O)[C@@H](O)C=O. The van der Waals surface area contributed by atoms with Gasteiger partial charge in [-0.25, -0.2) is 0 Å². The van der Waals surface area contributed by atoms with Gasteiger partial charge in [0.05, 0.1) is 0 Å². The predicted octanol–water partition coefficient (Wildman–Crippen LogP) is -2.82. The second kappa shape index (κ2) is 3.52. The van der Waals surface area contributed by atoms with Crippen LogP contribution in [0.2, 0.25) is 0 Å². The lowest BCUT2D eigenvalue weighted by atomic mass is 10.2. The summed E-state index contributed by atoms with van der Waals surface area (Å²) in [5.41, 5.74) is 4.70. The number of rotatable bonds is 3. The first-order valence-electron chi connectivity index (χ1n) is 2.34. The molecule has 0 heterocycles. The molecule has 5 nitrogen and oxygen atoms in total. The molecule has 0 aromatic heterocycles. The Balaban J connectivity index is 3.71. The van der Waals surface area contributed by atoms with Crippen LogP contribution in [-0.2, 0) is 4.79 Å². The lowest BCUT2D eigenvalue weighted by molar-refractivity contribution is -0.125. The zero-order chi connectivity index (χ0) is 7.44. The quantitative estimate of drug-likeness (QED) is 0.247. The molecule has 5 heteroatoms. The molecule has 0 aliphatic carbocycles. The maximum absolute atomic E-state index is 9.67. The van der Waals surface area contributed by atoms with Crippen LogP contribution in [0.25, 0.3) is 0 Å². The van der Waals surface area contributed by atoms with E-state index in [0.29, 0.717) is 0 Å². The van der Waals surface area contributed by atoms with Crippen molar-refractivity contribution in [1.82, 2.24) is 0 Å². The number of nitrogens with two attached hydrogens (primary N) is 1. The molecule has 0 rings (SSSR count). The lowest BCUT2D eigenvalue weighted by Crippen LogP contribution is -2.43. The molecular formula is C4H9NO4. The minimum atomic E-state index is -1.61. The minimum Gasteiger partial charge on any atom is -0.386 e. The van der Waals surface area contributed by atoms with Crippen LogP contribution in [0, 0.1) is 0 Å². The van der Waals surface area contributed by atoms with Crippen molar-refractivity contribution in [2.75, 3.05) is 0 Å². The summed E-state index contributed by atoms with van der Waals surface area (Å²) in [6, 6.07) is 0. The van der Waals surface area contributed by atoms with Gasteiger partial charge in [0, 0.05) is 0 Å². The molecule has 0 spiro atoms. The first-order valence-corrected chi connectivity index (χ1v) is 2.34. The number of carbonyl (C=O) groups excluding carboxylic acids is 1. The summed E-state index contributed by atoms with van der Waals surface area (Å²) in [5, 5.41) is 25.3. The molecule has 9 heavy (non-hydrogen) atoms. The number of hydrogen-bond donors (Lipinski definition) is 4. The normalized spacial score (nSPS) is 20.4. The van der Waals surface area contributed by atoms with Gasteiger partial charge in [-0.05, 0) is 0 Å². The Bertz CT molecular complexity index is 94.6. The monoisotopic (exact) mass is 135 g/mol. The van der Waals surface area contributed by atoms with Gasteiger partial charge in [0.1, 0.15) is 18.4 Å². The summed E-state index contributed by atoms with van der Waals surface area (Å²) in [6.07, 6.45) is -4.68. The van der Waals surface area contributed by atoms with Gasteiger partial charge in [-0.3, -0.25) is 0 Å². The third-order valence-corrected chi connectivity index (χ3v) is 0.839. The fourth-order valence-corrected chi connectivity index (χ4v) is 0.283. The number of aliphatic hydroxyl groups excluding tert-OH is 3. The Morgan fingerprint density at radius 3 is 1.89 bits per heavy atom. The Morgan fingerprint density at radius 2 is 1.78 bits per heavy atom. The molecular weight excluding hydrogens is 126 g/mol. The van der Waals surface area contributed by atoms with E-state index in [2.05, 4.69) is 0 Å². The predicted molar refractivity (Wildman–Crippen MR) is 28.3 cm³/mol. The summed E-state index contributed by atoms with van der Waals surface area (Å²) < 4.78 is 0. The standard InChI is InChI=1S/C4H9NO4/c5-4(9)3(8)2(7)1-6/h1-4,7-9H,5H2/t2-,3-,4?/m0/s1. The van der Waals surface area contributed by atoms with Crippen molar-refractivity contribution in [2.45, 2.75) is 18.4 Å². The highest BCUT2D eigenvalue weighted by atomic mass is 16.4. The second-order valence-corrected chi connectivity index (χ2v) is 1.61. The highest BCUT2D eigenvalue weighted by molar-refractivity contribution is 5.56. The summed E-state index contributed by atoms with van der Waals surface area (Å²) in [6.45, 7) is 0. The Morgan fingerprint density at radius 1 is 1.33 bits per heavy atom. The average Bonchev–Trinajstić information content (AvgIpc) is 1.84. The van der Waals surface area contributed by atoms with Gasteiger partial charge in [-0.2, -0.15) is 0 Å². The van der Waals surface area contributed by atoms with Gasteiger partial charge in [0.25, 0.3) is 0 Å². The lowest BCUT2D eigenvalue weighted by Gasteiger charge is -2.14. The van der Waals surface area contributed by atoms with E-state index in [-0.39, 0.29) is 6.29 Å². The number of aliphatic hydroxyl groups is 3. The minimum absolute atomic E-state index is 0.0980. The van der Waals surface area contributed by atoms with E-state index in [1.165, 1.54) is 0 Å². The van der Waals surface area contributed by atoms with Crippen molar-refractivity contribution >= 4 is 6.29 Å². The molecule has 0 saturated carbocycles. The third-order valence-electron chi connectivity index (χ3n) is 0.839. The maximum atomic E-state index is 9.67. The second-order valence-electron chi connectivity index (χ2n) is 1.61. The molecule has 3 atom stereocenters. The van der Waals surface area contributed by atoms with E-state index in [0.717, 1.165) is 0 Å². The van der Waals surface area contributed by atoms with Gasteiger partial charge in [-0.1, -0.05) is 0 Å². The van der Waals surface area contributed by atoms with Gasteiger partial charge >= 0.3 is 0 Å². The molecule has 0 saturated heterocycles. The zero-order valence-corrected chi connectivity index (χ0v) is 4.64. The molecule has 54 valence electrons. The molecule has 0 radical (unpaired) electrons. The Labute approximate surface area is 51.7 Å². The number of carbonyl (C=O) groups is 1. The van der Waals surface area contributed by atoms with E-state index in [1.807, 2.05) is 0 Å². The van der Waals surface area contributed by atoms with Gasteiger partial charge in [-0.15, -0.1) is 0 Å². The van der Waals surface area contributed by atoms with Crippen molar-refractivity contribution < 1.29 is 20.1 Å². The van der Waals surface area contributed by atoms with Crippen molar-refractivity contribution in [3.63, 3.8) is 0 Å². The van der Waals surface area contributed by atoms with Gasteiger partial charge in [0.15, 0.2) is 6.29 Å². The van der Waals surface area contributed by atoms with Crippen LogP contribution in [0.1, 0.15) is 0 Å². The van der Waals surface area contributed by atoms with E-state index in [1.54, 1.807) is 0 Å². The van der Waals surface area contributed by atoms with E-state index in [9.17, 15) is 4.79 Å². The van der Waals surface area contributed by atoms with Crippen LogP contribution >= 0.6 is 0 Å². The van der Waals surface area contributed by atoms with Gasteiger partial charge < -0.3 is 25.8 Å². The first-order chi connectivity index (χ1) is 4.09. The summed E-state index contributed by atoms with van der Waals surface area (Å²) in [4.78, 5) is 9.67. The zero-order valence-electron chi connectivity index (χ0n) is 4.64. The highest BCUT2D eigenvalue weighted by Crippen LogP contribution is 1.90. The molecule has 1 unspecified atom stereocenters. The van der Waals surface area contributed by atoms with Crippen LogP contribution in [0.5, 0.6) is 0 Å². The molecule has 0 fully saturated rings. The molecule has 0 aliphatic rings. The summed E-state index contributed by atoms with van der Waals surface area (Å²) in [5.74, 6) is 0. The van der Waals surface area contributed by atoms with Crippen molar-refractivity contribution in [2.24, 2.45) is 5.73 Å². The smallest absolute Gasteiger partial charge is 0.151 e. The molecule has 5 N–H and O–H groups in total. The fraction of sp³-hybridized carbons (Fsp3) is 0.750. The van der Waals surface area contributed by atoms with Gasteiger partial charge in [0.2, 0.25) is 0 Å². The number of aldehydes is 1.